The Hall–Kier alpha value is -1.34. The van der Waals surface area contributed by atoms with E-state index in [1.54, 1.807) is 6.07 Å². The maximum absolute atomic E-state index is 10.8. The van der Waals surface area contributed by atoms with Gasteiger partial charge >= 0.3 is 5.97 Å². The second-order valence-electron chi connectivity index (χ2n) is 3.76. The molecule has 0 saturated heterocycles. The van der Waals surface area contributed by atoms with Crippen LogP contribution in [0.5, 0.6) is 0 Å². The van der Waals surface area contributed by atoms with Crippen LogP contribution in [0.2, 0.25) is 5.15 Å². The summed E-state index contributed by atoms with van der Waals surface area (Å²) < 4.78 is 0. The first-order valence-corrected chi connectivity index (χ1v) is 7.06. The van der Waals surface area contributed by atoms with E-state index in [0.717, 1.165) is 5.69 Å². The summed E-state index contributed by atoms with van der Waals surface area (Å²) in [6, 6.07) is 0.816. The molecule has 1 rings (SSSR count). The summed E-state index contributed by atoms with van der Waals surface area (Å²) in [6.45, 7) is 1.83. The van der Waals surface area contributed by atoms with Crippen LogP contribution in [-0.2, 0) is 15.3 Å². The largest absolute Gasteiger partial charge is 0.480 e. The number of carboxylic acid groups (broad SMARTS) is 1. The molecule has 0 aliphatic rings. The molecule has 1 aromatic heterocycles. The standard InChI is InChI=1S/C11H14ClN3O3S/c1-7-4-9(12)15-10(14-7)5-19-3-2-8(11(17)18)13-6-16/h4,6,8H,2-3,5H2,1H3,(H,13,16)(H,17,18). The fourth-order valence-electron chi connectivity index (χ4n) is 1.38. The summed E-state index contributed by atoms with van der Waals surface area (Å²) in [4.78, 5) is 29.3. The minimum atomic E-state index is -1.04. The number of carboxylic acids is 1. The number of carbonyl (C=O) groups is 2. The highest BCUT2D eigenvalue weighted by molar-refractivity contribution is 7.98. The van der Waals surface area contributed by atoms with Crippen molar-refractivity contribution in [1.29, 1.82) is 0 Å². The molecule has 1 heterocycles. The van der Waals surface area contributed by atoms with Crippen molar-refractivity contribution in [2.24, 2.45) is 0 Å². The molecule has 1 unspecified atom stereocenters. The predicted molar refractivity (Wildman–Crippen MR) is 73.2 cm³/mol. The number of nitrogens with one attached hydrogen (secondary N) is 1. The van der Waals surface area contributed by atoms with Crippen molar-refractivity contribution >= 4 is 35.7 Å². The van der Waals surface area contributed by atoms with Crippen molar-refractivity contribution in [2.45, 2.75) is 25.1 Å². The number of aryl methyl sites for hydroxylation is 1. The Balaban J connectivity index is 2.37. The highest BCUT2D eigenvalue weighted by Gasteiger charge is 2.15. The van der Waals surface area contributed by atoms with E-state index in [9.17, 15) is 9.59 Å². The molecule has 0 aliphatic carbocycles. The predicted octanol–water partition coefficient (Wildman–Crippen LogP) is 1.26. The zero-order valence-corrected chi connectivity index (χ0v) is 11.9. The lowest BCUT2D eigenvalue weighted by atomic mass is 10.2. The van der Waals surface area contributed by atoms with Gasteiger partial charge in [-0.15, -0.1) is 0 Å². The molecule has 19 heavy (non-hydrogen) atoms. The molecule has 0 fully saturated rings. The van der Waals surface area contributed by atoms with Crippen LogP contribution in [0, 0.1) is 6.92 Å². The quantitative estimate of drug-likeness (QED) is 0.427. The maximum Gasteiger partial charge on any atom is 0.326 e. The van der Waals surface area contributed by atoms with Crippen LogP contribution >= 0.6 is 23.4 Å². The molecule has 0 saturated carbocycles. The molecule has 0 aromatic carbocycles. The summed E-state index contributed by atoms with van der Waals surface area (Å²) in [6.07, 6.45) is 0.741. The van der Waals surface area contributed by atoms with Gasteiger partial charge in [0.1, 0.15) is 17.0 Å². The molecule has 1 amide bonds. The normalized spacial score (nSPS) is 11.9. The first kappa shape index (κ1) is 15.7. The SMILES string of the molecule is Cc1cc(Cl)nc(CSCCC(NC=O)C(=O)O)n1. The van der Waals surface area contributed by atoms with E-state index in [4.69, 9.17) is 16.7 Å². The van der Waals surface area contributed by atoms with Gasteiger partial charge in [0.15, 0.2) is 0 Å². The lowest BCUT2D eigenvalue weighted by Gasteiger charge is -2.10. The lowest BCUT2D eigenvalue weighted by Crippen LogP contribution is -2.36. The van der Waals surface area contributed by atoms with Crippen LogP contribution in [-0.4, -0.2) is 39.2 Å². The zero-order valence-electron chi connectivity index (χ0n) is 10.3. The third kappa shape index (κ3) is 5.89. The Kier molecular flexibility index (Phi) is 6.58. The average molecular weight is 304 g/mol. The van der Waals surface area contributed by atoms with Gasteiger partial charge in [-0.25, -0.2) is 14.8 Å². The number of rotatable bonds is 8. The van der Waals surface area contributed by atoms with Crippen LogP contribution in [0.3, 0.4) is 0 Å². The molecule has 0 bridgehead atoms. The van der Waals surface area contributed by atoms with Crippen molar-refractivity contribution in [3.05, 3.63) is 22.7 Å². The van der Waals surface area contributed by atoms with Gasteiger partial charge in [0.25, 0.3) is 0 Å². The van der Waals surface area contributed by atoms with Crippen LogP contribution in [0.1, 0.15) is 17.9 Å². The number of aromatic nitrogens is 2. The van der Waals surface area contributed by atoms with Crippen molar-refractivity contribution in [3.63, 3.8) is 0 Å². The topological polar surface area (TPSA) is 92.2 Å². The smallest absolute Gasteiger partial charge is 0.326 e. The van der Waals surface area contributed by atoms with Crippen LogP contribution in [0.25, 0.3) is 0 Å². The number of hydrogen-bond donors (Lipinski definition) is 2. The molecule has 104 valence electrons. The fourth-order valence-corrected chi connectivity index (χ4v) is 2.49. The minimum Gasteiger partial charge on any atom is -0.480 e. The average Bonchev–Trinajstić information content (AvgIpc) is 2.31. The van der Waals surface area contributed by atoms with E-state index in [-0.39, 0.29) is 0 Å². The number of carbonyl (C=O) groups excluding carboxylic acids is 1. The van der Waals surface area contributed by atoms with Crippen molar-refractivity contribution in [3.8, 4) is 0 Å². The van der Waals surface area contributed by atoms with E-state index in [1.165, 1.54) is 11.8 Å². The van der Waals surface area contributed by atoms with Gasteiger partial charge in [0.2, 0.25) is 6.41 Å². The van der Waals surface area contributed by atoms with Crippen molar-refractivity contribution < 1.29 is 14.7 Å². The molecule has 0 radical (unpaired) electrons. The summed E-state index contributed by atoms with van der Waals surface area (Å²) in [5.41, 5.74) is 0.793. The van der Waals surface area contributed by atoms with Crippen LogP contribution in [0.15, 0.2) is 6.07 Å². The monoisotopic (exact) mass is 303 g/mol. The summed E-state index contributed by atoms with van der Waals surface area (Å²) >= 11 is 7.30. The Bertz CT molecular complexity index is 439. The molecule has 8 heteroatoms. The van der Waals surface area contributed by atoms with E-state index in [0.29, 0.717) is 35.3 Å². The summed E-state index contributed by atoms with van der Waals surface area (Å²) in [5, 5.41) is 11.5. The molecular weight excluding hydrogens is 290 g/mol. The van der Waals surface area contributed by atoms with E-state index < -0.39 is 12.0 Å². The van der Waals surface area contributed by atoms with E-state index in [2.05, 4.69) is 15.3 Å². The summed E-state index contributed by atoms with van der Waals surface area (Å²) in [7, 11) is 0. The molecule has 0 aliphatic heterocycles. The van der Waals surface area contributed by atoms with E-state index in [1.807, 2.05) is 6.92 Å². The van der Waals surface area contributed by atoms with Gasteiger partial charge in [-0.1, -0.05) is 11.6 Å². The highest BCUT2D eigenvalue weighted by Crippen LogP contribution is 2.14. The van der Waals surface area contributed by atoms with Crippen molar-refractivity contribution in [2.75, 3.05) is 5.75 Å². The Morgan fingerprint density at radius 3 is 2.95 bits per heavy atom. The van der Waals surface area contributed by atoms with Gasteiger partial charge in [-0.3, -0.25) is 4.79 Å². The second-order valence-corrected chi connectivity index (χ2v) is 5.26. The van der Waals surface area contributed by atoms with Gasteiger partial charge < -0.3 is 10.4 Å². The Morgan fingerprint density at radius 1 is 1.63 bits per heavy atom. The zero-order chi connectivity index (χ0) is 14.3. The molecule has 1 aromatic rings. The molecule has 6 nitrogen and oxygen atoms in total. The number of amides is 1. The van der Waals surface area contributed by atoms with E-state index >= 15 is 0 Å². The summed E-state index contributed by atoms with van der Waals surface area (Å²) in [5.74, 6) is 0.703. The van der Waals surface area contributed by atoms with Crippen LogP contribution < -0.4 is 5.32 Å². The number of thioether (sulfide) groups is 1. The Morgan fingerprint density at radius 2 is 2.37 bits per heavy atom. The number of hydrogen-bond acceptors (Lipinski definition) is 5. The Labute approximate surface area is 120 Å². The van der Waals surface area contributed by atoms with Gasteiger partial charge in [0.05, 0.1) is 5.75 Å². The van der Waals surface area contributed by atoms with Gasteiger partial charge in [-0.05, 0) is 25.2 Å². The third-order valence-corrected chi connectivity index (χ3v) is 3.40. The second kappa shape index (κ2) is 7.96. The maximum atomic E-state index is 10.8. The first-order chi connectivity index (χ1) is 9.02. The number of halogens is 1. The van der Waals surface area contributed by atoms with Gasteiger partial charge in [-0.2, -0.15) is 11.8 Å². The highest BCUT2D eigenvalue weighted by atomic mass is 35.5. The number of aliphatic carboxylic acids is 1. The van der Waals surface area contributed by atoms with Crippen molar-refractivity contribution in [1.82, 2.24) is 15.3 Å². The minimum absolute atomic E-state index is 0.346. The molecule has 2 N–H and O–H groups in total. The molecular formula is C11H14ClN3O3S. The molecule has 0 spiro atoms. The number of nitrogens with zero attached hydrogens (tertiary/aromatic N) is 2. The fraction of sp³-hybridized carbons (Fsp3) is 0.455. The third-order valence-electron chi connectivity index (χ3n) is 2.22. The molecule has 1 atom stereocenters. The van der Waals surface area contributed by atoms with Crippen LogP contribution in [0.4, 0.5) is 0 Å². The lowest BCUT2D eigenvalue weighted by molar-refractivity contribution is -0.140. The van der Waals surface area contributed by atoms with Gasteiger partial charge in [0, 0.05) is 5.69 Å². The first-order valence-electron chi connectivity index (χ1n) is 5.53.